The summed E-state index contributed by atoms with van der Waals surface area (Å²) in [5.41, 5.74) is 2.09. The number of hydrogen-bond acceptors (Lipinski definition) is 5. The van der Waals surface area contributed by atoms with Crippen molar-refractivity contribution in [3.05, 3.63) is 44.4 Å². The van der Waals surface area contributed by atoms with Gasteiger partial charge in [-0.05, 0) is 39.0 Å². The molecular weight excluding hydrogens is 308 g/mol. The molecule has 0 aliphatic rings. The predicted molar refractivity (Wildman–Crippen MR) is 86.4 cm³/mol. The highest BCUT2D eigenvalue weighted by Crippen LogP contribution is 2.28. The lowest BCUT2D eigenvalue weighted by molar-refractivity contribution is 0.0602. The highest BCUT2D eigenvalue weighted by Gasteiger charge is 2.17. The SMILES string of the molecule is COC(=O)c1cc(Cl)ccc1NC(C)c1nc(C)sc1C. The van der Waals surface area contributed by atoms with Crippen LogP contribution in [0.25, 0.3) is 0 Å². The van der Waals surface area contributed by atoms with Crippen LogP contribution >= 0.6 is 22.9 Å². The number of rotatable bonds is 4. The van der Waals surface area contributed by atoms with Gasteiger partial charge in [-0.3, -0.25) is 0 Å². The van der Waals surface area contributed by atoms with Crippen LogP contribution in [-0.4, -0.2) is 18.1 Å². The fraction of sp³-hybridized carbons (Fsp3) is 0.333. The Morgan fingerprint density at radius 3 is 2.71 bits per heavy atom. The van der Waals surface area contributed by atoms with E-state index in [2.05, 4.69) is 10.3 Å². The van der Waals surface area contributed by atoms with E-state index >= 15 is 0 Å². The minimum atomic E-state index is -0.418. The summed E-state index contributed by atoms with van der Waals surface area (Å²) in [7, 11) is 1.35. The topological polar surface area (TPSA) is 51.2 Å². The van der Waals surface area contributed by atoms with E-state index in [0.717, 1.165) is 10.7 Å². The fourth-order valence-corrected chi connectivity index (χ4v) is 3.26. The van der Waals surface area contributed by atoms with Gasteiger partial charge in [-0.15, -0.1) is 11.3 Å². The van der Waals surface area contributed by atoms with Crippen molar-refractivity contribution in [1.82, 2.24) is 4.98 Å². The van der Waals surface area contributed by atoms with Gasteiger partial charge in [0.15, 0.2) is 0 Å². The standard InChI is InChI=1S/C15H17ClN2O2S/c1-8(14-9(2)21-10(3)18-14)17-13-6-5-11(16)7-12(13)15(19)20-4/h5-8,17H,1-4H3. The van der Waals surface area contributed by atoms with E-state index in [1.54, 1.807) is 29.5 Å². The third-order valence-electron chi connectivity index (χ3n) is 3.11. The average Bonchev–Trinajstić information content (AvgIpc) is 2.78. The Balaban J connectivity index is 2.31. The lowest BCUT2D eigenvalue weighted by Crippen LogP contribution is -2.12. The summed E-state index contributed by atoms with van der Waals surface area (Å²) >= 11 is 7.62. The molecule has 0 radical (unpaired) electrons. The van der Waals surface area contributed by atoms with Crippen molar-refractivity contribution in [2.45, 2.75) is 26.8 Å². The first kappa shape index (κ1) is 15.8. The molecule has 0 amide bonds. The Morgan fingerprint density at radius 2 is 2.14 bits per heavy atom. The molecule has 1 aromatic carbocycles. The second kappa shape index (κ2) is 6.45. The van der Waals surface area contributed by atoms with Gasteiger partial charge in [0.1, 0.15) is 0 Å². The van der Waals surface area contributed by atoms with Gasteiger partial charge < -0.3 is 10.1 Å². The zero-order chi connectivity index (χ0) is 15.6. The molecule has 1 aromatic heterocycles. The van der Waals surface area contributed by atoms with Crippen LogP contribution in [0.4, 0.5) is 5.69 Å². The molecule has 0 bridgehead atoms. The number of thiazole rings is 1. The van der Waals surface area contributed by atoms with E-state index in [1.807, 2.05) is 20.8 Å². The maximum absolute atomic E-state index is 11.8. The number of anilines is 1. The van der Waals surface area contributed by atoms with Crippen molar-refractivity contribution in [2.24, 2.45) is 0 Å². The average molecular weight is 325 g/mol. The van der Waals surface area contributed by atoms with Crippen LogP contribution in [0, 0.1) is 13.8 Å². The molecular formula is C15H17ClN2O2S. The molecule has 1 N–H and O–H groups in total. The van der Waals surface area contributed by atoms with Crippen molar-refractivity contribution in [3.63, 3.8) is 0 Å². The van der Waals surface area contributed by atoms with Crippen molar-refractivity contribution < 1.29 is 9.53 Å². The smallest absolute Gasteiger partial charge is 0.340 e. The number of nitrogens with zero attached hydrogens (tertiary/aromatic N) is 1. The quantitative estimate of drug-likeness (QED) is 0.848. The number of aryl methyl sites for hydroxylation is 2. The number of carbonyl (C=O) groups is 1. The summed E-state index contributed by atoms with van der Waals surface area (Å²) in [5.74, 6) is -0.418. The second-order valence-electron chi connectivity index (χ2n) is 4.72. The third kappa shape index (κ3) is 3.54. The molecule has 0 saturated heterocycles. The molecule has 0 aliphatic carbocycles. The Kier molecular flexibility index (Phi) is 4.85. The van der Waals surface area contributed by atoms with Crippen molar-refractivity contribution in [2.75, 3.05) is 12.4 Å². The number of benzene rings is 1. The van der Waals surface area contributed by atoms with Gasteiger partial charge in [-0.25, -0.2) is 9.78 Å². The summed E-state index contributed by atoms with van der Waals surface area (Å²) < 4.78 is 4.80. The van der Waals surface area contributed by atoms with E-state index in [1.165, 1.54) is 12.0 Å². The summed E-state index contributed by atoms with van der Waals surface area (Å²) in [6.07, 6.45) is 0. The summed E-state index contributed by atoms with van der Waals surface area (Å²) in [5, 5.41) is 4.83. The van der Waals surface area contributed by atoms with Crippen molar-refractivity contribution in [3.8, 4) is 0 Å². The zero-order valence-electron chi connectivity index (χ0n) is 12.4. The van der Waals surface area contributed by atoms with Gasteiger partial charge in [-0.1, -0.05) is 11.6 Å². The molecule has 6 heteroatoms. The lowest BCUT2D eigenvalue weighted by atomic mass is 10.1. The Hall–Kier alpha value is -1.59. The molecule has 0 spiro atoms. The van der Waals surface area contributed by atoms with Crippen LogP contribution < -0.4 is 5.32 Å². The van der Waals surface area contributed by atoms with E-state index in [-0.39, 0.29) is 6.04 Å². The number of nitrogens with one attached hydrogen (secondary N) is 1. The number of carbonyl (C=O) groups excluding carboxylic acids is 1. The maximum atomic E-state index is 11.8. The largest absolute Gasteiger partial charge is 0.465 e. The molecule has 1 atom stereocenters. The number of aromatic nitrogens is 1. The molecule has 2 rings (SSSR count). The van der Waals surface area contributed by atoms with E-state index in [9.17, 15) is 4.79 Å². The molecule has 112 valence electrons. The molecule has 1 heterocycles. The van der Waals surface area contributed by atoms with Gasteiger partial charge in [0.05, 0.1) is 29.4 Å². The first-order valence-electron chi connectivity index (χ1n) is 6.50. The normalized spacial score (nSPS) is 12.0. The number of halogens is 1. The van der Waals surface area contributed by atoms with Gasteiger partial charge in [0.25, 0.3) is 0 Å². The van der Waals surface area contributed by atoms with Crippen LogP contribution in [-0.2, 0) is 4.74 Å². The van der Waals surface area contributed by atoms with Crippen LogP contribution in [0.1, 0.15) is 38.9 Å². The van der Waals surface area contributed by atoms with Gasteiger partial charge in [0.2, 0.25) is 0 Å². The van der Waals surface area contributed by atoms with Gasteiger partial charge in [-0.2, -0.15) is 0 Å². The monoisotopic (exact) mass is 324 g/mol. The Bertz CT molecular complexity index is 670. The number of hydrogen-bond donors (Lipinski definition) is 1. The summed E-state index contributed by atoms with van der Waals surface area (Å²) in [6.45, 7) is 6.04. The molecule has 1 unspecified atom stereocenters. The second-order valence-corrected chi connectivity index (χ2v) is 6.57. The Morgan fingerprint density at radius 1 is 1.43 bits per heavy atom. The van der Waals surface area contributed by atoms with Crippen LogP contribution in [0.3, 0.4) is 0 Å². The number of ether oxygens (including phenoxy) is 1. The molecule has 0 fully saturated rings. The minimum absolute atomic E-state index is 0.0143. The highest BCUT2D eigenvalue weighted by atomic mass is 35.5. The van der Waals surface area contributed by atoms with Gasteiger partial charge >= 0.3 is 5.97 Å². The van der Waals surface area contributed by atoms with Crippen molar-refractivity contribution in [1.29, 1.82) is 0 Å². The maximum Gasteiger partial charge on any atom is 0.340 e. The summed E-state index contributed by atoms with van der Waals surface area (Å²) in [6, 6.07) is 5.10. The molecule has 4 nitrogen and oxygen atoms in total. The first-order chi connectivity index (χ1) is 9.92. The molecule has 2 aromatic rings. The predicted octanol–water partition coefficient (Wildman–Crippen LogP) is 4.37. The first-order valence-corrected chi connectivity index (χ1v) is 7.70. The van der Waals surface area contributed by atoms with Crippen molar-refractivity contribution >= 4 is 34.6 Å². The van der Waals surface area contributed by atoms with E-state index in [0.29, 0.717) is 16.3 Å². The third-order valence-corrected chi connectivity index (χ3v) is 4.25. The highest BCUT2D eigenvalue weighted by molar-refractivity contribution is 7.11. The van der Waals surface area contributed by atoms with E-state index in [4.69, 9.17) is 16.3 Å². The minimum Gasteiger partial charge on any atom is -0.465 e. The fourth-order valence-electron chi connectivity index (χ4n) is 2.17. The number of methoxy groups -OCH3 is 1. The lowest BCUT2D eigenvalue weighted by Gasteiger charge is -2.17. The van der Waals surface area contributed by atoms with Gasteiger partial charge in [0, 0.05) is 15.6 Å². The molecule has 0 saturated carbocycles. The number of esters is 1. The van der Waals surface area contributed by atoms with E-state index < -0.39 is 5.97 Å². The zero-order valence-corrected chi connectivity index (χ0v) is 13.9. The van der Waals surface area contributed by atoms with Crippen LogP contribution in [0.5, 0.6) is 0 Å². The molecule has 21 heavy (non-hydrogen) atoms. The Labute approximate surface area is 133 Å². The summed E-state index contributed by atoms with van der Waals surface area (Å²) in [4.78, 5) is 17.5. The van der Waals surface area contributed by atoms with Crippen LogP contribution in [0.2, 0.25) is 5.02 Å². The molecule has 0 aliphatic heterocycles. The van der Waals surface area contributed by atoms with Crippen LogP contribution in [0.15, 0.2) is 18.2 Å².